The maximum atomic E-state index is 13.0. The fraction of sp³-hybridized carbons (Fsp3) is 0.619. The molecule has 0 N–H and O–H groups in total. The third-order valence-corrected chi connectivity index (χ3v) is 8.62. The molecular weight excluding hydrogens is 390 g/mol. The predicted octanol–water partition coefficient (Wildman–Crippen LogP) is 1.74. The number of piperazine rings is 1. The van der Waals surface area contributed by atoms with E-state index in [4.69, 9.17) is 0 Å². The number of benzene rings is 1. The molecule has 2 atom stereocenters. The molecule has 2 heterocycles. The summed E-state index contributed by atoms with van der Waals surface area (Å²) in [5, 5.41) is 0. The molecular formula is C21H29N3O4S. The largest absolute Gasteiger partial charge is 0.283 e. The highest BCUT2D eigenvalue weighted by Gasteiger charge is 2.48. The second-order valence-corrected chi connectivity index (χ2v) is 10.4. The summed E-state index contributed by atoms with van der Waals surface area (Å²) in [6, 6.07) is 5.22. The van der Waals surface area contributed by atoms with Crippen molar-refractivity contribution in [3.8, 4) is 0 Å². The van der Waals surface area contributed by atoms with Crippen molar-refractivity contribution < 1.29 is 18.0 Å². The molecule has 0 aromatic heterocycles. The van der Waals surface area contributed by atoms with Crippen LogP contribution >= 0.6 is 0 Å². The summed E-state index contributed by atoms with van der Waals surface area (Å²) < 4.78 is 27.4. The molecule has 4 rings (SSSR count). The van der Waals surface area contributed by atoms with Crippen LogP contribution < -0.4 is 0 Å². The first kappa shape index (κ1) is 20.5. The van der Waals surface area contributed by atoms with Gasteiger partial charge in [0, 0.05) is 26.2 Å². The Morgan fingerprint density at radius 1 is 0.897 bits per heavy atom. The molecule has 29 heavy (non-hydrogen) atoms. The summed E-state index contributed by atoms with van der Waals surface area (Å²) in [6.45, 7) is 5.89. The highest BCUT2D eigenvalue weighted by Crippen LogP contribution is 2.38. The van der Waals surface area contributed by atoms with Crippen LogP contribution in [0.25, 0.3) is 0 Å². The molecule has 1 aliphatic carbocycles. The van der Waals surface area contributed by atoms with Crippen LogP contribution in [0.15, 0.2) is 23.1 Å². The van der Waals surface area contributed by atoms with Crippen molar-refractivity contribution in [2.75, 3.05) is 32.8 Å². The van der Waals surface area contributed by atoms with Gasteiger partial charge in [-0.15, -0.1) is 0 Å². The molecule has 0 spiro atoms. The van der Waals surface area contributed by atoms with Gasteiger partial charge in [-0.1, -0.05) is 18.9 Å². The average Bonchev–Trinajstić information content (AvgIpc) is 2.95. The zero-order valence-electron chi connectivity index (χ0n) is 17.1. The van der Waals surface area contributed by atoms with Crippen molar-refractivity contribution in [3.05, 3.63) is 29.3 Å². The molecule has 2 amide bonds. The number of rotatable bonds is 4. The number of fused-ring (bicyclic) bond motifs is 1. The van der Waals surface area contributed by atoms with Gasteiger partial charge in [0.25, 0.3) is 0 Å². The summed E-state index contributed by atoms with van der Waals surface area (Å²) >= 11 is 0. The number of imide groups is 1. The molecule has 2 aliphatic heterocycles. The summed E-state index contributed by atoms with van der Waals surface area (Å²) in [7, 11) is -3.53. The molecule has 7 nitrogen and oxygen atoms in total. The minimum atomic E-state index is -3.53. The lowest BCUT2D eigenvalue weighted by Crippen LogP contribution is -2.52. The molecule has 158 valence electrons. The Morgan fingerprint density at radius 2 is 1.48 bits per heavy atom. The number of aryl methyl sites for hydroxylation is 2. The fourth-order valence-corrected chi connectivity index (χ4v) is 6.21. The molecule has 1 aromatic carbocycles. The molecule has 2 saturated heterocycles. The van der Waals surface area contributed by atoms with E-state index in [9.17, 15) is 18.0 Å². The van der Waals surface area contributed by atoms with Crippen molar-refractivity contribution in [1.29, 1.82) is 0 Å². The summed E-state index contributed by atoms with van der Waals surface area (Å²) in [5.41, 5.74) is 2.02. The van der Waals surface area contributed by atoms with E-state index in [1.807, 2.05) is 24.8 Å². The minimum Gasteiger partial charge on any atom is -0.283 e. The van der Waals surface area contributed by atoms with Gasteiger partial charge in [0.1, 0.15) is 0 Å². The third kappa shape index (κ3) is 3.73. The second kappa shape index (κ2) is 7.81. The van der Waals surface area contributed by atoms with Gasteiger partial charge in [-0.25, -0.2) is 8.42 Å². The Balaban J connectivity index is 1.39. The number of nitrogens with zero attached hydrogens (tertiary/aromatic N) is 3. The van der Waals surface area contributed by atoms with Crippen LogP contribution in [0.1, 0.15) is 36.8 Å². The standard InChI is InChI=1S/C21H29N3O4S/c1-15-7-8-17(13-16(15)2)29(27,28)23-11-9-22(10-12-23)14-24-20(25)18-5-3-4-6-19(18)21(24)26/h7-8,13,18-19H,3-6,9-12,14H2,1-2H3/t18-,19-/m0/s1. The van der Waals surface area contributed by atoms with E-state index in [2.05, 4.69) is 0 Å². The fourth-order valence-electron chi connectivity index (χ4n) is 4.71. The molecule has 3 fully saturated rings. The molecule has 0 radical (unpaired) electrons. The Morgan fingerprint density at radius 3 is 2.03 bits per heavy atom. The number of hydrogen-bond donors (Lipinski definition) is 0. The molecule has 0 unspecified atom stereocenters. The Hall–Kier alpha value is -1.77. The Labute approximate surface area is 172 Å². The SMILES string of the molecule is Cc1ccc(S(=O)(=O)N2CCN(CN3C(=O)[C@H]4CCCC[C@@H]4C3=O)CC2)cc1C. The smallest absolute Gasteiger partial charge is 0.243 e. The van der Waals surface area contributed by atoms with Gasteiger partial charge in [-0.2, -0.15) is 4.31 Å². The number of likely N-dealkylation sites (tertiary alicyclic amines) is 1. The minimum absolute atomic E-state index is 0.0371. The van der Waals surface area contributed by atoms with E-state index in [1.54, 1.807) is 12.1 Å². The number of hydrogen-bond acceptors (Lipinski definition) is 5. The molecule has 8 heteroatoms. The average molecular weight is 420 g/mol. The summed E-state index contributed by atoms with van der Waals surface area (Å²) in [6.07, 6.45) is 3.66. The topological polar surface area (TPSA) is 78.0 Å². The van der Waals surface area contributed by atoms with Crippen molar-refractivity contribution in [2.45, 2.75) is 44.4 Å². The number of carbonyl (C=O) groups is 2. The number of amides is 2. The van der Waals surface area contributed by atoms with Crippen LogP contribution in [0.2, 0.25) is 0 Å². The van der Waals surface area contributed by atoms with E-state index >= 15 is 0 Å². The van der Waals surface area contributed by atoms with Crippen LogP contribution in [-0.4, -0.2) is 67.2 Å². The zero-order valence-corrected chi connectivity index (χ0v) is 18.0. The third-order valence-electron chi connectivity index (χ3n) is 6.72. The highest BCUT2D eigenvalue weighted by atomic mass is 32.2. The maximum Gasteiger partial charge on any atom is 0.243 e. The van der Waals surface area contributed by atoms with E-state index < -0.39 is 10.0 Å². The van der Waals surface area contributed by atoms with Crippen LogP contribution in [-0.2, 0) is 19.6 Å². The van der Waals surface area contributed by atoms with Crippen molar-refractivity contribution in [3.63, 3.8) is 0 Å². The molecule has 1 saturated carbocycles. The molecule has 1 aromatic rings. The van der Waals surface area contributed by atoms with Gasteiger partial charge in [0.2, 0.25) is 21.8 Å². The maximum absolute atomic E-state index is 13.0. The Kier molecular flexibility index (Phi) is 5.52. The zero-order chi connectivity index (χ0) is 20.8. The first-order valence-corrected chi connectivity index (χ1v) is 11.9. The van der Waals surface area contributed by atoms with Gasteiger partial charge in [0.15, 0.2) is 0 Å². The van der Waals surface area contributed by atoms with Crippen LogP contribution in [0.5, 0.6) is 0 Å². The van der Waals surface area contributed by atoms with Gasteiger partial charge >= 0.3 is 0 Å². The summed E-state index contributed by atoms with van der Waals surface area (Å²) in [5.74, 6) is -0.347. The van der Waals surface area contributed by atoms with Crippen LogP contribution in [0.4, 0.5) is 0 Å². The van der Waals surface area contributed by atoms with Gasteiger partial charge in [-0.05, 0) is 49.9 Å². The Bertz CT molecular complexity index is 898. The van der Waals surface area contributed by atoms with Gasteiger partial charge in [0.05, 0.1) is 23.4 Å². The van der Waals surface area contributed by atoms with Crippen molar-refractivity contribution in [1.82, 2.24) is 14.1 Å². The van der Waals surface area contributed by atoms with Crippen LogP contribution in [0.3, 0.4) is 0 Å². The van der Waals surface area contributed by atoms with Gasteiger partial charge in [-0.3, -0.25) is 19.4 Å². The van der Waals surface area contributed by atoms with Crippen molar-refractivity contribution >= 4 is 21.8 Å². The predicted molar refractivity (Wildman–Crippen MR) is 108 cm³/mol. The van der Waals surface area contributed by atoms with E-state index in [0.717, 1.165) is 36.8 Å². The van der Waals surface area contributed by atoms with E-state index in [-0.39, 0.29) is 30.3 Å². The number of sulfonamides is 1. The lowest BCUT2D eigenvalue weighted by Gasteiger charge is -2.35. The van der Waals surface area contributed by atoms with Crippen molar-refractivity contribution in [2.24, 2.45) is 11.8 Å². The summed E-state index contributed by atoms with van der Waals surface area (Å²) in [4.78, 5) is 29.1. The quantitative estimate of drug-likeness (QED) is 0.695. The van der Waals surface area contributed by atoms with Crippen LogP contribution in [0, 0.1) is 25.7 Å². The number of carbonyl (C=O) groups excluding carboxylic acids is 2. The highest BCUT2D eigenvalue weighted by molar-refractivity contribution is 7.89. The molecule has 3 aliphatic rings. The first-order chi connectivity index (χ1) is 13.8. The van der Waals surface area contributed by atoms with E-state index in [1.165, 1.54) is 9.21 Å². The first-order valence-electron chi connectivity index (χ1n) is 10.4. The lowest BCUT2D eigenvalue weighted by molar-refractivity contribution is -0.142. The molecule has 0 bridgehead atoms. The van der Waals surface area contributed by atoms with Gasteiger partial charge < -0.3 is 0 Å². The van der Waals surface area contributed by atoms with E-state index in [0.29, 0.717) is 31.1 Å². The monoisotopic (exact) mass is 419 g/mol. The lowest BCUT2D eigenvalue weighted by atomic mass is 9.81. The normalized spacial score (nSPS) is 26.8. The second-order valence-electron chi connectivity index (χ2n) is 8.51.